The summed E-state index contributed by atoms with van der Waals surface area (Å²) in [4.78, 5) is 38.1. The molecule has 2 heterocycles. The summed E-state index contributed by atoms with van der Waals surface area (Å²) in [5.74, 6) is -0.396. The molecule has 3 aromatic carbocycles. The van der Waals surface area contributed by atoms with E-state index in [1.54, 1.807) is 81.8 Å². The van der Waals surface area contributed by atoms with Crippen molar-refractivity contribution in [1.29, 1.82) is 5.26 Å². The fourth-order valence-electron chi connectivity index (χ4n) is 4.46. The smallest absolute Gasteiger partial charge is 0.338 e. The summed E-state index contributed by atoms with van der Waals surface area (Å²) < 4.78 is 26.9. The number of aryl methyl sites for hydroxylation is 1. The first-order valence-electron chi connectivity index (χ1n) is 13.6. The summed E-state index contributed by atoms with van der Waals surface area (Å²) in [5, 5.41) is 15.4. The van der Waals surface area contributed by atoms with Crippen LogP contribution >= 0.6 is 0 Å². The van der Waals surface area contributed by atoms with E-state index < -0.39 is 24.4 Å². The Morgan fingerprint density at radius 3 is 2.13 bits per heavy atom. The van der Waals surface area contributed by atoms with Crippen molar-refractivity contribution in [2.75, 3.05) is 31.5 Å². The minimum absolute atomic E-state index is 0.0844. The van der Waals surface area contributed by atoms with Crippen LogP contribution in [-0.2, 0) is 9.53 Å². The van der Waals surface area contributed by atoms with Crippen molar-refractivity contribution >= 4 is 29.4 Å². The number of nitriles is 1. The molecule has 0 spiro atoms. The maximum Gasteiger partial charge on any atom is 0.338 e. The summed E-state index contributed by atoms with van der Waals surface area (Å²) in [6.45, 7) is 1.10. The highest BCUT2D eigenvalue weighted by Crippen LogP contribution is 2.42. The van der Waals surface area contributed by atoms with Crippen LogP contribution in [0.15, 0.2) is 94.0 Å². The summed E-state index contributed by atoms with van der Waals surface area (Å²) in [7, 11) is 3.10. The molecule has 0 saturated carbocycles. The molecule has 0 bridgehead atoms. The monoisotopic (exact) mass is 605 g/mol. The number of rotatable bonds is 10. The van der Waals surface area contributed by atoms with E-state index in [4.69, 9.17) is 23.0 Å². The molecule has 0 aliphatic carbocycles. The van der Waals surface area contributed by atoms with Crippen LogP contribution in [0.4, 0.5) is 11.6 Å². The molecule has 5 aromatic rings. The molecule has 11 heteroatoms. The Bertz CT molecular complexity index is 1880. The summed E-state index contributed by atoms with van der Waals surface area (Å²) in [6.07, 6.45) is 1.38. The Morgan fingerprint density at radius 2 is 1.53 bits per heavy atom. The normalized spacial score (nSPS) is 10.4. The van der Waals surface area contributed by atoms with Gasteiger partial charge in [0.15, 0.2) is 12.4 Å². The maximum absolute atomic E-state index is 12.9. The van der Waals surface area contributed by atoms with Crippen LogP contribution in [0.1, 0.15) is 32.0 Å². The predicted molar refractivity (Wildman–Crippen MR) is 164 cm³/mol. The topological polar surface area (TPSA) is 153 Å². The van der Waals surface area contributed by atoms with E-state index in [2.05, 4.69) is 16.7 Å². The molecule has 45 heavy (non-hydrogen) atoms. The van der Waals surface area contributed by atoms with Gasteiger partial charge in [-0.1, -0.05) is 18.2 Å². The number of anilines is 2. The van der Waals surface area contributed by atoms with Crippen LogP contribution in [-0.4, -0.2) is 38.6 Å². The number of hydrogen-bond acceptors (Lipinski definition) is 9. The van der Waals surface area contributed by atoms with Gasteiger partial charge >= 0.3 is 5.97 Å². The zero-order chi connectivity index (χ0) is 31.9. The second-order valence-corrected chi connectivity index (χ2v) is 9.66. The van der Waals surface area contributed by atoms with Gasteiger partial charge in [0.05, 0.1) is 26.0 Å². The lowest BCUT2D eigenvalue weighted by atomic mass is 9.98. The molecule has 2 aromatic heterocycles. The number of hydrogen-bond donors (Lipinski definition) is 2. The molecule has 2 amide bonds. The number of benzene rings is 3. The van der Waals surface area contributed by atoms with Gasteiger partial charge in [-0.15, -0.1) is 0 Å². The highest BCUT2D eigenvalue weighted by Gasteiger charge is 2.25. The average Bonchev–Trinajstić information content (AvgIpc) is 3.73. The number of furan rings is 2. The first kappa shape index (κ1) is 30.2. The van der Waals surface area contributed by atoms with Crippen LogP contribution < -0.4 is 20.1 Å². The molecule has 0 radical (unpaired) electrons. The van der Waals surface area contributed by atoms with Gasteiger partial charge in [-0.3, -0.25) is 14.9 Å². The lowest BCUT2D eigenvalue weighted by molar-refractivity contribution is -0.119. The molecular formula is C34H27N3O8. The van der Waals surface area contributed by atoms with Crippen molar-refractivity contribution in [3.05, 3.63) is 108 Å². The van der Waals surface area contributed by atoms with E-state index in [-0.39, 0.29) is 22.8 Å². The Morgan fingerprint density at radius 1 is 0.867 bits per heavy atom. The quantitative estimate of drug-likeness (QED) is 0.171. The van der Waals surface area contributed by atoms with E-state index >= 15 is 0 Å². The van der Waals surface area contributed by atoms with Crippen molar-refractivity contribution in [2.24, 2.45) is 0 Å². The first-order valence-corrected chi connectivity index (χ1v) is 13.6. The lowest BCUT2D eigenvalue weighted by Crippen LogP contribution is -2.21. The molecule has 226 valence electrons. The Labute approximate surface area is 257 Å². The third-order valence-corrected chi connectivity index (χ3v) is 6.80. The first-order chi connectivity index (χ1) is 21.8. The van der Waals surface area contributed by atoms with Gasteiger partial charge in [-0.2, -0.15) is 5.26 Å². The molecule has 0 fully saturated rings. The molecule has 0 aliphatic rings. The van der Waals surface area contributed by atoms with Gasteiger partial charge in [0.1, 0.15) is 28.9 Å². The number of carbonyl (C=O) groups is 3. The molecule has 0 saturated heterocycles. The number of amides is 2. The molecular weight excluding hydrogens is 578 g/mol. The van der Waals surface area contributed by atoms with Gasteiger partial charge in [-0.25, -0.2) is 4.79 Å². The zero-order valence-electron chi connectivity index (χ0n) is 24.5. The largest absolute Gasteiger partial charge is 0.497 e. The van der Waals surface area contributed by atoms with Gasteiger partial charge in [-0.05, 0) is 78.7 Å². The van der Waals surface area contributed by atoms with E-state index in [1.165, 1.54) is 24.5 Å². The summed E-state index contributed by atoms with van der Waals surface area (Å²) in [5.41, 5.74) is 3.03. The highest BCUT2D eigenvalue weighted by atomic mass is 16.5. The van der Waals surface area contributed by atoms with Gasteiger partial charge in [0.25, 0.3) is 11.8 Å². The minimum Gasteiger partial charge on any atom is -0.497 e. The Balaban J connectivity index is 1.34. The SMILES string of the molecule is COc1ccc(-c2oc(NC(=O)COC(=O)c3ccc(C)c(NC(=O)c4ccco4)c3)c(C#N)c2-c2ccc(OC)cc2)cc1. The van der Waals surface area contributed by atoms with Crippen molar-refractivity contribution in [2.45, 2.75) is 6.92 Å². The average molecular weight is 606 g/mol. The van der Waals surface area contributed by atoms with Crippen molar-refractivity contribution in [3.63, 3.8) is 0 Å². The Kier molecular flexibility index (Phi) is 8.96. The number of carbonyl (C=O) groups excluding carboxylic acids is 3. The summed E-state index contributed by atoms with van der Waals surface area (Å²) >= 11 is 0. The van der Waals surface area contributed by atoms with E-state index in [1.807, 2.05) is 0 Å². The molecule has 0 aliphatic heterocycles. The fourth-order valence-corrected chi connectivity index (χ4v) is 4.46. The van der Waals surface area contributed by atoms with E-state index in [0.29, 0.717) is 45.2 Å². The lowest BCUT2D eigenvalue weighted by Gasteiger charge is -2.10. The molecule has 5 rings (SSSR count). The molecule has 11 nitrogen and oxygen atoms in total. The standard InChI is InChI=1S/C34H27N3O8/c1-20-6-7-23(17-27(20)36-32(39)28-5-4-16-43-28)34(40)44-19-29(38)37-33-26(18-35)30(21-8-12-24(41-2)13-9-21)31(45-33)22-10-14-25(42-3)15-11-22/h4-17H,19H2,1-3H3,(H,36,39)(H,37,38). The van der Waals surface area contributed by atoms with E-state index in [9.17, 15) is 19.6 Å². The van der Waals surface area contributed by atoms with Crippen LogP contribution in [0.25, 0.3) is 22.5 Å². The second-order valence-electron chi connectivity index (χ2n) is 9.66. The predicted octanol–water partition coefficient (Wildman–Crippen LogP) is 6.45. The number of ether oxygens (including phenoxy) is 3. The summed E-state index contributed by atoms with van der Waals surface area (Å²) in [6, 6.07) is 23.9. The third kappa shape index (κ3) is 6.71. The second kappa shape index (κ2) is 13.4. The van der Waals surface area contributed by atoms with Crippen LogP contribution in [0.2, 0.25) is 0 Å². The van der Waals surface area contributed by atoms with Crippen molar-refractivity contribution < 1.29 is 37.4 Å². The number of nitrogens with one attached hydrogen (secondary N) is 2. The highest BCUT2D eigenvalue weighted by molar-refractivity contribution is 6.04. The number of methoxy groups -OCH3 is 2. The minimum atomic E-state index is -0.795. The molecule has 0 atom stereocenters. The van der Waals surface area contributed by atoms with Crippen LogP contribution in [0.5, 0.6) is 11.5 Å². The van der Waals surface area contributed by atoms with Gasteiger partial charge in [0.2, 0.25) is 5.88 Å². The van der Waals surface area contributed by atoms with E-state index in [0.717, 1.165) is 0 Å². The number of esters is 1. The van der Waals surface area contributed by atoms with Crippen LogP contribution in [0, 0.1) is 18.3 Å². The number of nitrogens with zero attached hydrogens (tertiary/aromatic N) is 1. The van der Waals surface area contributed by atoms with Gasteiger partial charge < -0.3 is 28.4 Å². The van der Waals surface area contributed by atoms with Crippen molar-refractivity contribution in [1.82, 2.24) is 0 Å². The third-order valence-electron chi connectivity index (χ3n) is 6.80. The van der Waals surface area contributed by atoms with Crippen LogP contribution in [0.3, 0.4) is 0 Å². The van der Waals surface area contributed by atoms with Crippen molar-refractivity contribution in [3.8, 4) is 40.0 Å². The molecule has 2 N–H and O–H groups in total. The molecule has 0 unspecified atom stereocenters. The Hall–Kier alpha value is -6.28. The zero-order valence-corrected chi connectivity index (χ0v) is 24.5. The van der Waals surface area contributed by atoms with Gasteiger partial charge in [0, 0.05) is 16.8 Å². The maximum atomic E-state index is 12.9. The fraction of sp³-hybridized carbons (Fsp3) is 0.118.